The van der Waals surface area contributed by atoms with E-state index in [1.54, 1.807) is 6.08 Å². The van der Waals surface area contributed by atoms with Gasteiger partial charge in [-0.05, 0) is 82.1 Å². The molecule has 3 aromatic rings. The van der Waals surface area contributed by atoms with Crippen LogP contribution in [0.25, 0.3) is 6.08 Å². The van der Waals surface area contributed by atoms with E-state index in [9.17, 15) is 4.79 Å². The molecule has 152 valence electrons. The van der Waals surface area contributed by atoms with Gasteiger partial charge in [0, 0.05) is 16.0 Å². The zero-order valence-electron chi connectivity index (χ0n) is 15.8. The first-order valence-electron chi connectivity index (χ1n) is 9.11. The highest BCUT2D eigenvalue weighted by molar-refractivity contribution is 9.10. The van der Waals surface area contributed by atoms with Crippen molar-refractivity contribution in [2.75, 3.05) is 0 Å². The fourth-order valence-electron chi connectivity index (χ4n) is 2.65. The standard InChI is InChI=1S/C22H16BrClN2O2S2/c1-2-13-3-7-15(8-4-13)25-22-26-20(27)19(30-22)12-16-11-18(23)21(28-16)29-17-9-5-14(24)6-10-17/h3-12H,2H2,1H3,(H,25,26,27)/b19-12-. The molecular weight excluding hydrogens is 504 g/mol. The minimum atomic E-state index is -0.191. The Labute approximate surface area is 196 Å². The second kappa shape index (κ2) is 9.47. The van der Waals surface area contributed by atoms with Crippen molar-refractivity contribution in [1.29, 1.82) is 0 Å². The minimum absolute atomic E-state index is 0.191. The number of aryl methyl sites for hydroxylation is 1. The van der Waals surface area contributed by atoms with Crippen molar-refractivity contribution >= 4 is 73.9 Å². The fourth-order valence-corrected chi connectivity index (χ4v) is 4.93. The Morgan fingerprint density at radius 2 is 1.93 bits per heavy atom. The highest BCUT2D eigenvalue weighted by Gasteiger charge is 2.24. The van der Waals surface area contributed by atoms with Crippen molar-refractivity contribution in [2.24, 2.45) is 4.99 Å². The molecule has 0 radical (unpaired) electrons. The van der Waals surface area contributed by atoms with Crippen LogP contribution in [0.2, 0.25) is 5.02 Å². The lowest BCUT2D eigenvalue weighted by Gasteiger charge is -1.99. The molecule has 1 amide bonds. The summed E-state index contributed by atoms with van der Waals surface area (Å²) in [5, 5.41) is 4.75. The number of furan rings is 1. The number of hydrogen-bond donors (Lipinski definition) is 1. The van der Waals surface area contributed by atoms with Crippen molar-refractivity contribution in [1.82, 2.24) is 5.32 Å². The van der Waals surface area contributed by atoms with E-state index < -0.39 is 0 Å². The Bertz CT molecular complexity index is 1140. The average Bonchev–Trinajstić information content (AvgIpc) is 3.25. The first-order valence-corrected chi connectivity index (χ1v) is 11.9. The minimum Gasteiger partial charge on any atom is -0.449 e. The van der Waals surface area contributed by atoms with E-state index in [0.29, 0.717) is 25.9 Å². The number of carbonyl (C=O) groups is 1. The summed E-state index contributed by atoms with van der Waals surface area (Å²) in [6, 6.07) is 17.3. The molecule has 1 aliphatic heterocycles. The molecule has 0 spiro atoms. The summed E-state index contributed by atoms with van der Waals surface area (Å²) in [7, 11) is 0. The summed E-state index contributed by atoms with van der Waals surface area (Å²) in [5.41, 5.74) is 2.05. The van der Waals surface area contributed by atoms with Gasteiger partial charge in [-0.1, -0.05) is 42.4 Å². The molecule has 2 aromatic carbocycles. The zero-order valence-corrected chi connectivity index (χ0v) is 19.8. The molecule has 0 bridgehead atoms. The predicted molar refractivity (Wildman–Crippen MR) is 129 cm³/mol. The van der Waals surface area contributed by atoms with Crippen LogP contribution in [0.4, 0.5) is 5.69 Å². The third-order valence-electron chi connectivity index (χ3n) is 4.20. The molecule has 0 aliphatic carbocycles. The number of rotatable bonds is 5. The lowest BCUT2D eigenvalue weighted by atomic mass is 10.2. The number of nitrogens with one attached hydrogen (secondary N) is 1. The van der Waals surface area contributed by atoms with Gasteiger partial charge in [0.25, 0.3) is 5.91 Å². The monoisotopic (exact) mass is 518 g/mol. The molecule has 1 N–H and O–H groups in total. The summed E-state index contributed by atoms with van der Waals surface area (Å²) in [5.74, 6) is 0.396. The number of thioether (sulfide) groups is 1. The Morgan fingerprint density at radius 3 is 2.63 bits per heavy atom. The molecule has 0 unspecified atom stereocenters. The molecule has 4 nitrogen and oxygen atoms in total. The smallest absolute Gasteiger partial charge is 0.264 e. The highest BCUT2D eigenvalue weighted by atomic mass is 79.9. The number of aliphatic imine (C=N–C) groups is 1. The lowest BCUT2D eigenvalue weighted by molar-refractivity contribution is -0.115. The van der Waals surface area contributed by atoms with Gasteiger partial charge in [0.1, 0.15) is 5.76 Å². The lowest BCUT2D eigenvalue weighted by Crippen LogP contribution is -2.19. The quantitative estimate of drug-likeness (QED) is 0.359. The predicted octanol–water partition coefficient (Wildman–Crippen LogP) is 7.30. The van der Waals surface area contributed by atoms with Crippen molar-refractivity contribution in [3.8, 4) is 0 Å². The van der Waals surface area contributed by atoms with Gasteiger partial charge in [-0.3, -0.25) is 4.79 Å². The average molecular weight is 520 g/mol. The molecule has 1 aromatic heterocycles. The van der Waals surface area contributed by atoms with Gasteiger partial charge >= 0.3 is 0 Å². The van der Waals surface area contributed by atoms with Crippen LogP contribution in [-0.2, 0) is 11.2 Å². The van der Waals surface area contributed by atoms with E-state index in [-0.39, 0.29) is 5.91 Å². The molecule has 30 heavy (non-hydrogen) atoms. The van der Waals surface area contributed by atoms with Crippen molar-refractivity contribution in [3.63, 3.8) is 0 Å². The summed E-state index contributed by atoms with van der Waals surface area (Å²) in [4.78, 5) is 18.4. The molecule has 1 aliphatic rings. The molecule has 0 saturated carbocycles. The van der Waals surface area contributed by atoms with Crippen LogP contribution >= 0.6 is 51.1 Å². The van der Waals surface area contributed by atoms with Gasteiger partial charge in [-0.25, -0.2) is 4.99 Å². The van der Waals surface area contributed by atoms with Crippen LogP contribution in [0.5, 0.6) is 0 Å². The van der Waals surface area contributed by atoms with Gasteiger partial charge in [0.05, 0.1) is 15.1 Å². The number of carbonyl (C=O) groups excluding carboxylic acids is 1. The van der Waals surface area contributed by atoms with Gasteiger partial charge in [-0.15, -0.1) is 0 Å². The highest BCUT2D eigenvalue weighted by Crippen LogP contribution is 2.38. The number of amidine groups is 1. The van der Waals surface area contributed by atoms with Crippen molar-refractivity contribution < 1.29 is 9.21 Å². The van der Waals surface area contributed by atoms with Crippen molar-refractivity contribution in [2.45, 2.75) is 23.3 Å². The molecule has 4 rings (SSSR count). The van der Waals surface area contributed by atoms with E-state index in [1.807, 2.05) is 54.6 Å². The Balaban J connectivity index is 1.49. The Hall–Kier alpha value is -1.93. The summed E-state index contributed by atoms with van der Waals surface area (Å²) < 4.78 is 6.73. The first kappa shape index (κ1) is 21.3. The van der Waals surface area contributed by atoms with E-state index in [4.69, 9.17) is 16.0 Å². The second-order valence-electron chi connectivity index (χ2n) is 6.34. The van der Waals surface area contributed by atoms with E-state index >= 15 is 0 Å². The maximum Gasteiger partial charge on any atom is 0.264 e. The van der Waals surface area contributed by atoms with E-state index in [0.717, 1.165) is 21.5 Å². The Morgan fingerprint density at radius 1 is 1.20 bits per heavy atom. The molecule has 1 saturated heterocycles. The number of nitrogens with zero attached hydrogens (tertiary/aromatic N) is 1. The number of halogens is 2. The van der Waals surface area contributed by atoms with Gasteiger partial charge in [0.2, 0.25) is 0 Å². The van der Waals surface area contributed by atoms with Crippen LogP contribution in [0, 0.1) is 0 Å². The first-order chi connectivity index (χ1) is 14.5. The Kier molecular flexibility index (Phi) is 6.73. The van der Waals surface area contributed by atoms with Crippen LogP contribution in [0.15, 0.2) is 83.4 Å². The van der Waals surface area contributed by atoms with Crippen LogP contribution in [0.3, 0.4) is 0 Å². The summed E-state index contributed by atoms with van der Waals surface area (Å²) in [6.07, 6.45) is 2.70. The van der Waals surface area contributed by atoms with E-state index in [1.165, 1.54) is 29.1 Å². The SMILES string of the molecule is CCc1ccc(N=C2NC(=O)/C(=C/c3cc(Br)c(Sc4ccc(Cl)cc4)o3)S2)cc1. The normalized spacial score (nSPS) is 16.4. The number of hydrogen-bond acceptors (Lipinski definition) is 5. The molecule has 1 fully saturated rings. The maximum atomic E-state index is 12.3. The number of amides is 1. The largest absolute Gasteiger partial charge is 0.449 e. The maximum absolute atomic E-state index is 12.3. The second-order valence-corrected chi connectivity index (χ2v) is 9.71. The van der Waals surface area contributed by atoms with Crippen molar-refractivity contribution in [3.05, 3.63) is 80.3 Å². The van der Waals surface area contributed by atoms with E-state index in [2.05, 4.69) is 33.2 Å². The zero-order chi connectivity index (χ0) is 21.1. The third kappa shape index (κ3) is 5.21. The summed E-state index contributed by atoms with van der Waals surface area (Å²) in [6.45, 7) is 2.11. The van der Waals surface area contributed by atoms with Crippen LogP contribution < -0.4 is 5.32 Å². The molecular formula is C22H16BrClN2O2S2. The van der Waals surface area contributed by atoms with Crippen LogP contribution in [-0.4, -0.2) is 11.1 Å². The topological polar surface area (TPSA) is 54.6 Å². The molecule has 0 atom stereocenters. The summed E-state index contributed by atoms with van der Waals surface area (Å²) >= 11 is 12.2. The number of benzene rings is 2. The van der Waals surface area contributed by atoms with Gasteiger partial charge < -0.3 is 9.73 Å². The third-order valence-corrected chi connectivity index (χ3v) is 7.21. The molecule has 8 heteroatoms. The van der Waals surface area contributed by atoms with Crippen LogP contribution in [0.1, 0.15) is 18.2 Å². The fraction of sp³-hybridized carbons (Fsp3) is 0.0909. The van der Waals surface area contributed by atoms with Gasteiger partial charge in [-0.2, -0.15) is 0 Å². The van der Waals surface area contributed by atoms with Gasteiger partial charge in [0.15, 0.2) is 10.3 Å². The molecule has 2 heterocycles.